The van der Waals surface area contributed by atoms with Crippen LogP contribution >= 0.6 is 11.8 Å². The second-order valence-electron chi connectivity index (χ2n) is 5.26. The number of hydrogen-bond acceptors (Lipinski definition) is 3. The van der Waals surface area contributed by atoms with E-state index in [2.05, 4.69) is 5.32 Å². The average molecular weight is 314 g/mol. The molecule has 1 aromatic rings. The number of halogens is 2. The maximum Gasteiger partial charge on any atom is 0.288 e. The number of thioether (sulfide) groups is 1. The van der Waals surface area contributed by atoms with Crippen LogP contribution in [0.15, 0.2) is 29.2 Å². The third kappa shape index (κ3) is 4.68. The molecule has 2 atom stereocenters. The smallest absolute Gasteiger partial charge is 0.288 e. The molecule has 1 aromatic carbocycles. The van der Waals surface area contributed by atoms with Crippen LogP contribution in [0, 0.1) is 5.92 Å². The summed E-state index contributed by atoms with van der Waals surface area (Å²) in [6.07, 6.45) is 4.26. The van der Waals surface area contributed by atoms with Gasteiger partial charge < -0.3 is 11.1 Å². The predicted octanol–water partition coefficient (Wildman–Crippen LogP) is 3.25. The van der Waals surface area contributed by atoms with Gasteiger partial charge in [0.25, 0.3) is 11.7 Å². The van der Waals surface area contributed by atoms with Gasteiger partial charge in [-0.25, -0.2) is 0 Å². The fourth-order valence-electron chi connectivity index (χ4n) is 2.72. The first kappa shape index (κ1) is 16.2. The summed E-state index contributed by atoms with van der Waals surface area (Å²) in [5.74, 6) is -2.28. The molecule has 3 N–H and O–H groups in total. The lowest BCUT2D eigenvalue weighted by Gasteiger charge is -2.31. The van der Waals surface area contributed by atoms with Crippen molar-refractivity contribution in [2.24, 2.45) is 11.7 Å². The van der Waals surface area contributed by atoms with E-state index in [0.717, 1.165) is 25.7 Å². The number of rotatable bonds is 5. The van der Waals surface area contributed by atoms with Crippen molar-refractivity contribution in [3.05, 3.63) is 29.8 Å². The van der Waals surface area contributed by atoms with Gasteiger partial charge in [0.15, 0.2) is 0 Å². The lowest BCUT2D eigenvalue weighted by molar-refractivity contribution is 0.0908. The largest absolute Gasteiger partial charge is 0.349 e. The van der Waals surface area contributed by atoms with Crippen molar-refractivity contribution in [3.63, 3.8) is 0 Å². The Balaban J connectivity index is 1.96. The highest BCUT2D eigenvalue weighted by Crippen LogP contribution is 2.26. The quantitative estimate of drug-likeness (QED) is 0.820. The number of amides is 1. The number of nitrogens with one attached hydrogen (secondary N) is 1. The Bertz CT molecular complexity index is 467. The minimum Gasteiger partial charge on any atom is -0.349 e. The minimum absolute atomic E-state index is 0.117. The van der Waals surface area contributed by atoms with Crippen LogP contribution in [0.2, 0.25) is 0 Å². The molecule has 1 aliphatic rings. The Morgan fingerprint density at radius 2 is 1.95 bits per heavy atom. The first-order valence-electron chi connectivity index (χ1n) is 7.16. The first-order valence-corrected chi connectivity index (χ1v) is 8.04. The Morgan fingerprint density at radius 1 is 1.29 bits per heavy atom. The van der Waals surface area contributed by atoms with Crippen LogP contribution in [0.5, 0.6) is 0 Å². The van der Waals surface area contributed by atoms with Gasteiger partial charge in [-0.2, -0.15) is 8.78 Å². The van der Waals surface area contributed by atoms with Gasteiger partial charge >= 0.3 is 0 Å². The molecule has 116 valence electrons. The van der Waals surface area contributed by atoms with E-state index in [-0.39, 0.29) is 11.9 Å². The van der Waals surface area contributed by atoms with Crippen LogP contribution < -0.4 is 11.1 Å². The molecule has 21 heavy (non-hydrogen) atoms. The normalized spacial score (nSPS) is 22.3. The lowest BCUT2D eigenvalue weighted by Crippen LogP contribution is -2.44. The van der Waals surface area contributed by atoms with E-state index in [0.29, 0.717) is 34.7 Å². The van der Waals surface area contributed by atoms with E-state index >= 15 is 0 Å². The molecule has 0 heterocycles. The Kier molecular flexibility index (Phi) is 5.99. The molecule has 1 aliphatic carbocycles. The third-order valence-corrected chi connectivity index (χ3v) is 4.59. The van der Waals surface area contributed by atoms with Crippen molar-refractivity contribution in [1.82, 2.24) is 5.32 Å². The van der Waals surface area contributed by atoms with Gasteiger partial charge in [0.05, 0.1) is 0 Å². The maximum absolute atomic E-state index is 12.2. The fraction of sp³-hybridized carbons (Fsp3) is 0.533. The van der Waals surface area contributed by atoms with Crippen LogP contribution in [-0.4, -0.2) is 24.3 Å². The SMILES string of the molecule is NCC1CCCCC1NC(=O)c1ccc(SC(F)F)cc1. The average Bonchev–Trinajstić information content (AvgIpc) is 2.48. The van der Waals surface area contributed by atoms with Gasteiger partial charge in [0, 0.05) is 16.5 Å². The predicted molar refractivity (Wildman–Crippen MR) is 80.6 cm³/mol. The zero-order chi connectivity index (χ0) is 15.2. The highest BCUT2D eigenvalue weighted by molar-refractivity contribution is 7.99. The molecule has 2 rings (SSSR count). The topological polar surface area (TPSA) is 55.1 Å². The molecule has 3 nitrogen and oxygen atoms in total. The summed E-state index contributed by atoms with van der Waals surface area (Å²) in [6.45, 7) is 0.578. The van der Waals surface area contributed by atoms with Gasteiger partial charge in [0.2, 0.25) is 0 Å². The van der Waals surface area contributed by atoms with E-state index in [1.165, 1.54) is 0 Å². The number of nitrogens with two attached hydrogens (primary N) is 1. The van der Waals surface area contributed by atoms with Gasteiger partial charge in [0.1, 0.15) is 0 Å². The number of benzene rings is 1. The lowest BCUT2D eigenvalue weighted by atomic mass is 9.84. The van der Waals surface area contributed by atoms with Gasteiger partial charge in [-0.1, -0.05) is 24.6 Å². The summed E-state index contributed by atoms with van der Waals surface area (Å²) in [5.41, 5.74) is 6.24. The summed E-state index contributed by atoms with van der Waals surface area (Å²) >= 11 is 0.477. The van der Waals surface area contributed by atoms with Crippen molar-refractivity contribution >= 4 is 17.7 Å². The van der Waals surface area contributed by atoms with Crippen LogP contribution in [0.3, 0.4) is 0 Å². The summed E-state index contributed by atoms with van der Waals surface area (Å²) < 4.78 is 24.5. The summed E-state index contributed by atoms with van der Waals surface area (Å²) in [4.78, 5) is 12.7. The molecule has 0 bridgehead atoms. The Morgan fingerprint density at radius 3 is 2.57 bits per heavy atom. The Labute approximate surface area is 127 Å². The van der Waals surface area contributed by atoms with E-state index in [4.69, 9.17) is 5.73 Å². The molecule has 0 spiro atoms. The number of hydrogen-bond donors (Lipinski definition) is 2. The second kappa shape index (κ2) is 7.75. The molecular weight excluding hydrogens is 294 g/mol. The van der Waals surface area contributed by atoms with Crippen LogP contribution in [-0.2, 0) is 0 Å². The molecule has 1 amide bonds. The molecular formula is C15H20F2N2OS. The summed E-state index contributed by atoms with van der Waals surface area (Å²) in [6, 6.07) is 6.38. The van der Waals surface area contributed by atoms with Gasteiger partial charge in [-0.05, 0) is 49.6 Å². The zero-order valence-corrected chi connectivity index (χ0v) is 12.5. The van der Waals surface area contributed by atoms with Crippen molar-refractivity contribution < 1.29 is 13.6 Å². The van der Waals surface area contributed by atoms with E-state index in [1.807, 2.05) is 0 Å². The van der Waals surface area contributed by atoms with Crippen molar-refractivity contribution in [1.29, 1.82) is 0 Å². The molecule has 6 heteroatoms. The molecule has 1 saturated carbocycles. The molecule has 2 unspecified atom stereocenters. The monoisotopic (exact) mass is 314 g/mol. The summed E-state index contributed by atoms with van der Waals surface area (Å²) in [7, 11) is 0. The second-order valence-corrected chi connectivity index (χ2v) is 6.33. The maximum atomic E-state index is 12.2. The van der Waals surface area contributed by atoms with Crippen LogP contribution in [0.25, 0.3) is 0 Å². The molecule has 1 fully saturated rings. The zero-order valence-electron chi connectivity index (χ0n) is 11.7. The highest BCUT2D eigenvalue weighted by atomic mass is 32.2. The molecule has 0 aliphatic heterocycles. The van der Waals surface area contributed by atoms with Crippen LogP contribution in [0.4, 0.5) is 8.78 Å². The van der Waals surface area contributed by atoms with Gasteiger partial charge in [-0.15, -0.1) is 0 Å². The Hall–Kier alpha value is -1.14. The highest BCUT2D eigenvalue weighted by Gasteiger charge is 2.25. The third-order valence-electron chi connectivity index (χ3n) is 3.87. The molecule has 0 aromatic heterocycles. The van der Waals surface area contributed by atoms with E-state index in [1.54, 1.807) is 24.3 Å². The molecule has 0 radical (unpaired) electrons. The fourth-order valence-corrected chi connectivity index (χ4v) is 3.22. The summed E-state index contributed by atoms with van der Waals surface area (Å²) in [5, 5.41) is 3.02. The molecule has 0 saturated heterocycles. The van der Waals surface area contributed by atoms with Crippen LogP contribution in [0.1, 0.15) is 36.0 Å². The number of carbonyl (C=O) groups excluding carboxylic acids is 1. The van der Waals surface area contributed by atoms with Crippen molar-refractivity contribution in [3.8, 4) is 0 Å². The minimum atomic E-state index is -2.45. The van der Waals surface area contributed by atoms with Crippen molar-refractivity contribution in [2.45, 2.75) is 42.4 Å². The first-order chi connectivity index (χ1) is 10.1. The van der Waals surface area contributed by atoms with E-state index < -0.39 is 5.76 Å². The standard InChI is InChI=1S/C15H20F2N2OS/c16-15(17)21-12-7-5-10(6-8-12)14(20)19-13-4-2-1-3-11(13)9-18/h5-8,11,13,15H,1-4,9,18H2,(H,19,20). The number of alkyl halides is 2. The number of carbonyl (C=O) groups is 1. The van der Waals surface area contributed by atoms with Gasteiger partial charge in [-0.3, -0.25) is 4.79 Å². The van der Waals surface area contributed by atoms with E-state index in [9.17, 15) is 13.6 Å². The van der Waals surface area contributed by atoms with Crippen molar-refractivity contribution in [2.75, 3.05) is 6.54 Å².